The van der Waals surface area contributed by atoms with Crippen molar-refractivity contribution in [3.05, 3.63) is 29.8 Å². The van der Waals surface area contributed by atoms with E-state index in [2.05, 4.69) is 5.32 Å². The number of hydrogen-bond acceptors (Lipinski definition) is 4. The van der Waals surface area contributed by atoms with E-state index < -0.39 is 11.2 Å². The summed E-state index contributed by atoms with van der Waals surface area (Å²) in [4.78, 5) is 23.8. The van der Waals surface area contributed by atoms with Crippen molar-refractivity contribution in [1.29, 1.82) is 0 Å². The van der Waals surface area contributed by atoms with Crippen LogP contribution in [-0.4, -0.2) is 42.5 Å². The Morgan fingerprint density at radius 3 is 2.71 bits per heavy atom. The number of nitrogens with one attached hydrogen (secondary N) is 1. The zero-order chi connectivity index (χ0) is 15.7. The summed E-state index contributed by atoms with van der Waals surface area (Å²) in [6.45, 7) is 2.86. The highest BCUT2D eigenvalue weighted by molar-refractivity contribution is 8.00. The first-order valence-corrected chi connectivity index (χ1v) is 7.70. The summed E-state index contributed by atoms with van der Waals surface area (Å²) in [5, 5.41) is 11.2. The van der Waals surface area contributed by atoms with Crippen LogP contribution in [0.5, 0.6) is 0 Å². The lowest BCUT2D eigenvalue weighted by Crippen LogP contribution is -2.25. The fourth-order valence-electron chi connectivity index (χ4n) is 1.67. The van der Waals surface area contributed by atoms with Crippen molar-refractivity contribution in [1.82, 2.24) is 5.32 Å². The van der Waals surface area contributed by atoms with Crippen LogP contribution in [0.15, 0.2) is 29.2 Å². The van der Waals surface area contributed by atoms with Gasteiger partial charge in [0, 0.05) is 25.2 Å². The Labute approximate surface area is 129 Å². The molecule has 0 heterocycles. The standard InChI is InChI=1S/C15H21NO4S/c1-11(15(18)19)21-13-8-4-3-7-12(13)14(17)16-9-5-6-10-20-2/h3-4,7-8,11H,5-6,9-10H2,1-2H3,(H,16,17)(H,18,19). The predicted molar refractivity (Wildman–Crippen MR) is 82.8 cm³/mol. The van der Waals surface area contributed by atoms with Crippen LogP contribution >= 0.6 is 11.8 Å². The van der Waals surface area contributed by atoms with Gasteiger partial charge in [0.15, 0.2) is 0 Å². The molecule has 116 valence electrons. The van der Waals surface area contributed by atoms with E-state index in [0.29, 0.717) is 23.6 Å². The minimum atomic E-state index is -0.894. The van der Waals surface area contributed by atoms with Crippen LogP contribution in [0.4, 0.5) is 0 Å². The van der Waals surface area contributed by atoms with E-state index >= 15 is 0 Å². The third-order valence-electron chi connectivity index (χ3n) is 2.84. The third kappa shape index (κ3) is 6.18. The number of carboxylic acids is 1. The van der Waals surface area contributed by atoms with Crippen molar-refractivity contribution in [2.24, 2.45) is 0 Å². The average Bonchev–Trinajstić information content (AvgIpc) is 2.47. The van der Waals surface area contributed by atoms with Crippen molar-refractivity contribution in [3.8, 4) is 0 Å². The Balaban J connectivity index is 2.60. The molecule has 0 spiro atoms. The van der Waals surface area contributed by atoms with Gasteiger partial charge in [-0.15, -0.1) is 11.8 Å². The third-order valence-corrected chi connectivity index (χ3v) is 4.01. The molecule has 5 nitrogen and oxygen atoms in total. The molecule has 0 fully saturated rings. The summed E-state index contributed by atoms with van der Waals surface area (Å²) >= 11 is 1.17. The molecule has 1 aromatic rings. The molecule has 0 aliphatic heterocycles. The number of unbranched alkanes of at least 4 members (excludes halogenated alkanes) is 1. The molecule has 2 N–H and O–H groups in total. The van der Waals surface area contributed by atoms with Crippen LogP contribution in [0.3, 0.4) is 0 Å². The van der Waals surface area contributed by atoms with E-state index in [0.717, 1.165) is 12.8 Å². The lowest BCUT2D eigenvalue weighted by Gasteiger charge is -2.11. The number of ether oxygens (including phenoxy) is 1. The van der Waals surface area contributed by atoms with Gasteiger partial charge in [0.1, 0.15) is 5.25 Å². The van der Waals surface area contributed by atoms with Crippen LogP contribution in [-0.2, 0) is 9.53 Å². The summed E-state index contributed by atoms with van der Waals surface area (Å²) < 4.78 is 4.95. The fourth-order valence-corrected chi connectivity index (χ4v) is 2.59. The Bertz CT molecular complexity index is 478. The maximum atomic E-state index is 12.1. The quantitative estimate of drug-likeness (QED) is 0.541. The number of thioether (sulfide) groups is 1. The largest absolute Gasteiger partial charge is 0.480 e. The minimum Gasteiger partial charge on any atom is -0.480 e. The zero-order valence-corrected chi connectivity index (χ0v) is 13.1. The highest BCUT2D eigenvalue weighted by Crippen LogP contribution is 2.26. The second-order valence-corrected chi connectivity index (χ2v) is 5.93. The number of rotatable bonds is 9. The summed E-state index contributed by atoms with van der Waals surface area (Å²) in [6.07, 6.45) is 1.74. The summed E-state index contributed by atoms with van der Waals surface area (Å²) in [5.41, 5.74) is 0.516. The molecular formula is C15H21NO4S. The highest BCUT2D eigenvalue weighted by atomic mass is 32.2. The number of methoxy groups -OCH3 is 1. The molecule has 1 rings (SSSR count). The van der Waals surface area contributed by atoms with Crippen LogP contribution < -0.4 is 5.32 Å². The smallest absolute Gasteiger partial charge is 0.316 e. The summed E-state index contributed by atoms with van der Waals surface area (Å²) in [5.74, 6) is -1.07. The molecule has 0 saturated heterocycles. The molecule has 0 bridgehead atoms. The molecule has 1 unspecified atom stereocenters. The molecule has 21 heavy (non-hydrogen) atoms. The van der Waals surface area contributed by atoms with Gasteiger partial charge in [0.05, 0.1) is 5.56 Å². The first kappa shape index (κ1) is 17.5. The molecule has 0 saturated carbocycles. The van der Waals surface area contributed by atoms with Gasteiger partial charge < -0.3 is 15.2 Å². The van der Waals surface area contributed by atoms with Crippen LogP contribution in [0, 0.1) is 0 Å². The molecule has 0 radical (unpaired) electrons. The number of benzene rings is 1. The number of aliphatic carboxylic acids is 1. The van der Waals surface area contributed by atoms with Gasteiger partial charge in [0.2, 0.25) is 0 Å². The normalized spacial score (nSPS) is 11.9. The maximum absolute atomic E-state index is 12.1. The minimum absolute atomic E-state index is 0.173. The van der Waals surface area contributed by atoms with Crippen molar-refractivity contribution < 1.29 is 19.4 Å². The van der Waals surface area contributed by atoms with Gasteiger partial charge >= 0.3 is 5.97 Å². The first-order chi connectivity index (χ1) is 10.1. The lowest BCUT2D eigenvalue weighted by atomic mass is 10.2. The molecular weight excluding hydrogens is 290 g/mol. The maximum Gasteiger partial charge on any atom is 0.316 e. The van der Waals surface area contributed by atoms with Crippen LogP contribution in [0.25, 0.3) is 0 Å². The molecule has 1 atom stereocenters. The highest BCUT2D eigenvalue weighted by Gasteiger charge is 2.17. The van der Waals surface area contributed by atoms with E-state index in [1.54, 1.807) is 38.3 Å². The van der Waals surface area contributed by atoms with Crippen molar-refractivity contribution in [2.45, 2.75) is 29.9 Å². The fraction of sp³-hybridized carbons (Fsp3) is 0.467. The number of carbonyl (C=O) groups excluding carboxylic acids is 1. The van der Waals surface area contributed by atoms with Gasteiger partial charge in [0.25, 0.3) is 5.91 Å². The number of carboxylic acid groups (broad SMARTS) is 1. The molecule has 0 aliphatic carbocycles. The van der Waals surface area contributed by atoms with E-state index in [-0.39, 0.29) is 5.91 Å². The summed E-state index contributed by atoms with van der Waals surface area (Å²) in [7, 11) is 1.65. The van der Waals surface area contributed by atoms with E-state index in [1.165, 1.54) is 11.8 Å². The predicted octanol–water partition coefficient (Wildman–Crippen LogP) is 2.41. The van der Waals surface area contributed by atoms with E-state index in [4.69, 9.17) is 9.84 Å². The topological polar surface area (TPSA) is 75.6 Å². The van der Waals surface area contributed by atoms with Gasteiger partial charge in [-0.05, 0) is 31.9 Å². The van der Waals surface area contributed by atoms with Crippen LogP contribution in [0.2, 0.25) is 0 Å². The van der Waals surface area contributed by atoms with Gasteiger partial charge in [-0.25, -0.2) is 0 Å². The molecule has 1 amide bonds. The Morgan fingerprint density at radius 2 is 2.05 bits per heavy atom. The van der Waals surface area contributed by atoms with Gasteiger partial charge in [-0.3, -0.25) is 9.59 Å². The average molecular weight is 311 g/mol. The van der Waals surface area contributed by atoms with Crippen LogP contribution in [0.1, 0.15) is 30.1 Å². The summed E-state index contributed by atoms with van der Waals surface area (Å²) in [6, 6.07) is 7.05. The first-order valence-electron chi connectivity index (χ1n) is 6.82. The van der Waals surface area contributed by atoms with E-state index in [9.17, 15) is 9.59 Å². The van der Waals surface area contributed by atoms with Crippen molar-refractivity contribution >= 4 is 23.6 Å². The number of amides is 1. The molecule has 1 aromatic carbocycles. The molecule has 6 heteroatoms. The lowest BCUT2D eigenvalue weighted by molar-refractivity contribution is -0.136. The zero-order valence-electron chi connectivity index (χ0n) is 12.3. The second kappa shape index (κ2) is 9.41. The molecule has 0 aliphatic rings. The van der Waals surface area contributed by atoms with Gasteiger partial charge in [-0.1, -0.05) is 12.1 Å². The Morgan fingerprint density at radius 1 is 1.33 bits per heavy atom. The Hall–Kier alpha value is -1.53. The molecule has 0 aromatic heterocycles. The Kier molecular flexibility index (Phi) is 7.85. The van der Waals surface area contributed by atoms with Crippen molar-refractivity contribution in [3.63, 3.8) is 0 Å². The van der Waals surface area contributed by atoms with Gasteiger partial charge in [-0.2, -0.15) is 0 Å². The van der Waals surface area contributed by atoms with E-state index in [1.807, 2.05) is 0 Å². The number of carbonyl (C=O) groups is 2. The number of hydrogen-bond donors (Lipinski definition) is 2. The monoisotopic (exact) mass is 311 g/mol. The second-order valence-electron chi connectivity index (χ2n) is 4.55. The van der Waals surface area contributed by atoms with Crippen molar-refractivity contribution in [2.75, 3.05) is 20.3 Å². The SMILES string of the molecule is COCCCCNC(=O)c1ccccc1SC(C)C(=O)O.